The molecule has 2 nitrogen and oxygen atoms in total. The predicted molar refractivity (Wildman–Crippen MR) is 96.0 cm³/mol. The summed E-state index contributed by atoms with van der Waals surface area (Å²) in [5.74, 6) is 0.982. The lowest BCUT2D eigenvalue weighted by Gasteiger charge is -2.31. The quantitative estimate of drug-likeness (QED) is 0.440. The third-order valence-electron chi connectivity index (χ3n) is 5.66. The van der Waals surface area contributed by atoms with Crippen molar-refractivity contribution in [2.75, 3.05) is 7.11 Å². The minimum Gasteiger partial charge on any atom is -0.469 e. The molecule has 1 aliphatic carbocycles. The summed E-state index contributed by atoms with van der Waals surface area (Å²) in [5.41, 5.74) is 0.803. The third kappa shape index (κ3) is 5.38. The second-order valence-corrected chi connectivity index (χ2v) is 7.53. The third-order valence-corrected chi connectivity index (χ3v) is 5.95. The summed E-state index contributed by atoms with van der Waals surface area (Å²) in [5, 5.41) is 0. The van der Waals surface area contributed by atoms with Gasteiger partial charge in [0.15, 0.2) is 0 Å². The van der Waals surface area contributed by atoms with Gasteiger partial charge in [-0.25, -0.2) is 0 Å². The molecule has 1 fully saturated rings. The van der Waals surface area contributed by atoms with Crippen LogP contribution in [0, 0.1) is 17.8 Å². The number of hydrogen-bond donors (Lipinski definition) is 0. The molecule has 1 aromatic carbocycles. The number of halogens is 4. The predicted octanol–water partition coefficient (Wildman–Crippen LogP) is 5.99. The Balaban J connectivity index is 1.91. The van der Waals surface area contributed by atoms with Gasteiger partial charge in [0.1, 0.15) is 0 Å². The van der Waals surface area contributed by atoms with Crippen LogP contribution >= 0.6 is 11.6 Å². The summed E-state index contributed by atoms with van der Waals surface area (Å²) < 4.78 is 43.3. The summed E-state index contributed by atoms with van der Waals surface area (Å²) in [6, 6.07) is 3.85. The molecule has 0 aliphatic heterocycles. The number of carbonyl (C=O) groups is 1. The van der Waals surface area contributed by atoms with Gasteiger partial charge < -0.3 is 4.74 Å². The van der Waals surface area contributed by atoms with Crippen LogP contribution in [0.3, 0.4) is 0 Å². The molecule has 6 heteroatoms. The summed E-state index contributed by atoms with van der Waals surface area (Å²) in [6.07, 6.45) is 0.988. The van der Waals surface area contributed by atoms with E-state index in [-0.39, 0.29) is 17.8 Å². The van der Waals surface area contributed by atoms with E-state index in [4.69, 9.17) is 16.3 Å². The van der Waals surface area contributed by atoms with E-state index < -0.39 is 11.7 Å². The zero-order chi connectivity index (χ0) is 19.3. The van der Waals surface area contributed by atoms with Gasteiger partial charge in [0, 0.05) is 5.88 Å². The van der Waals surface area contributed by atoms with E-state index in [2.05, 4.69) is 6.92 Å². The second kappa shape index (κ2) is 9.12. The number of benzene rings is 1. The fourth-order valence-corrected chi connectivity index (χ4v) is 4.13. The van der Waals surface area contributed by atoms with Crippen LogP contribution in [0.15, 0.2) is 18.2 Å². The van der Waals surface area contributed by atoms with Crippen LogP contribution in [0.2, 0.25) is 0 Å². The van der Waals surface area contributed by atoms with E-state index in [1.54, 1.807) is 6.07 Å². The maximum atomic E-state index is 12.8. The number of carbonyl (C=O) groups excluding carboxylic acids is 1. The average Bonchev–Trinajstić information content (AvgIpc) is 2.64. The Hall–Kier alpha value is -1.23. The van der Waals surface area contributed by atoms with Gasteiger partial charge in [-0.05, 0) is 73.6 Å². The number of esters is 1. The molecule has 0 heterocycles. The Morgan fingerprint density at radius 2 is 1.88 bits per heavy atom. The highest BCUT2D eigenvalue weighted by molar-refractivity contribution is 6.17. The number of ether oxygens (including phenoxy) is 1. The SMILES string of the molecule is COC(=O)C1CCC(C(C)CCc2ccc(C(F)(F)F)cc2CCl)CC1. The molecule has 2 rings (SSSR count). The maximum absolute atomic E-state index is 12.8. The first kappa shape index (κ1) is 21.1. The Morgan fingerprint density at radius 3 is 2.42 bits per heavy atom. The van der Waals surface area contributed by atoms with Gasteiger partial charge in [0.25, 0.3) is 0 Å². The van der Waals surface area contributed by atoms with Crippen molar-refractivity contribution >= 4 is 17.6 Å². The molecule has 0 saturated heterocycles. The summed E-state index contributed by atoms with van der Waals surface area (Å²) in [7, 11) is 1.43. The number of alkyl halides is 4. The first-order valence-electron chi connectivity index (χ1n) is 9.09. The average molecular weight is 391 g/mol. The molecule has 1 unspecified atom stereocenters. The molecule has 1 saturated carbocycles. The van der Waals surface area contributed by atoms with Crippen molar-refractivity contribution in [3.05, 3.63) is 34.9 Å². The zero-order valence-corrected chi connectivity index (χ0v) is 16.0. The Morgan fingerprint density at radius 1 is 1.23 bits per heavy atom. The standard InChI is InChI=1S/C20H26ClF3O2/c1-13(14-5-7-16(8-6-14)19(25)26-2)3-4-15-9-10-18(20(22,23)24)11-17(15)12-21/h9-11,13-14,16H,3-8,12H2,1-2H3. The van der Waals surface area contributed by atoms with Crippen LogP contribution in [0.5, 0.6) is 0 Å². The topological polar surface area (TPSA) is 26.3 Å². The van der Waals surface area contributed by atoms with Crippen LogP contribution in [0.25, 0.3) is 0 Å². The molecule has 0 aromatic heterocycles. The van der Waals surface area contributed by atoms with E-state index in [1.165, 1.54) is 7.11 Å². The molecule has 1 aromatic rings. The molecule has 0 bridgehead atoms. The van der Waals surface area contributed by atoms with Crippen molar-refractivity contribution in [3.63, 3.8) is 0 Å². The van der Waals surface area contributed by atoms with Crippen molar-refractivity contribution in [2.45, 2.75) is 57.5 Å². The number of methoxy groups -OCH3 is 1. The van der Waals surface area contributed by atoms with Crippen molar-refractivity contribution in [1.29, 1.82) is 0 Å². The maximum Gasteiger partial charge on any atom is 0.416 e. The number of aryl methyl sites for hydroxylation is 1. The van der Waals surface area contributed by atoms with Crippen molar-refractivity contribution in [1.82, 2.24) is 0 Å². The fraction of sp³-hybridized carbons (Fsp3) is 0.650. The molecular formula is C20H26ClF3O2. The highest BCUT2D eigenvalue weighted by Crippen LogP contribution is 2.36. The molecule has 0 amide bonds. The molecule has 0 spiro atoms. The Kier molecular flexibility index (Phi) is 7.39. The minimum atomic E-state index is -4.34. The number of hydrogen-bond acceptors (Lipinski definition) is 2. The summed E-state index contributed by atoms with van der Waals surface area (Å²) in [4.78, 5) is 11.6. The van der Waals surface area contributed by atoms with E-state index in [0.717, 1.165) is 56.2 Å². The van der Waals surface area contributed by atoms with Gasteiger partial charge in [-0.2, -0.15) is 13.2 Å². The Labute approximate surface area is 158 Å². The van der Waals surface area contributed by atoms with Crippen LogP contribution < -0.4 is 0 Å². The van der Waals surface area contributed by atoms with Crippen LogP contribution in [-0.4, -0.2) is 13.1 Å². The lowest BCUT2D eigenvalue weighted by Crippen LogP contribution is -2.26. The van der Waals surface area contributed by atoms with E-state index >= 15 is 0 Å². The monoisotopic (exact) mass is 390 g/mol. The van der Waals surface area contributed by atoms with Gasteiger partial charge in [0.2, 0.25) is 0 Å². The van der Waals surface area contributed by atoms with Crippen molar-refractivity contribution < 1.29 is 22.7 Å². The Bertz CT molecular complexity index is 608. The van der Waals surface area contributed by atoms with E-state index in [1.807, 2.05) is 0 Å². The van der Waals surface area contributed by atoms with Gasteiger partial charge in [-0.15, -0.1) is 11.6 Å². The van der Waals surface area contributed by atoms with Crippen LogP contribution in [0.4, 0.5) is 13.2 Å². The second-order valence-electron chi connectivity index (χ2n) is 7.27. The van der Waals surface area contributed by atoms with Crippen LogP contribution in [0.1, 0.15) is 55.7 Å². The normalized spacial score (nSPS) is 22.1. The zero-order valence-electron chi connectivity index (χ0n) is 15.2. The molecule has 0 N–H and O–H groups in total. The fourth-order valence-electron chi connectivity index (χ4n) is 3.88. The van der Waals surface area contributed by atoms with Crippen LogP contribution in [-0.2, 0) is 28.0 Å². The largest absolute Gasteiger partial charge is 0.469 e. The molecular weight excluding hydrogens is 365 g/mol. The van der Waals surface area contributed by atoms with Gasteiger partial charge in [-0.3, -0.25) is 4.79 Å². The van der Waals surface area contributed by atoms with Crippen molar-refractivity contribution in [3.8, 4) is 0 Å². The van der Waals surface area contributed by atoms with Gasteiger partial charge in [0.05, 0.1) is 18.6 Å². The minimum absolute atomic E-state index is 0.0150. The van der Waals surface area contributed by atoms with Gasteiger partial charge >= 0.3 is 12.1 Å². The van der Waals surface area contributed by atoms with Crippen molar-refractivity contribution in [2.24, 2.45) is 17.8 Å². The molecule has 1 atom stereocenters. The highest BCUT2D eigenvalue weighted by Gasteiger charge is 2.31. The van der Waals surface area contributed by atoms with E-state index in [0.29, 0.717) is 17.4 Å². The number of rotatable bonds is 6. The molecule has 146 valence electrons. The summed E-state index contributed by atoms with van der Waals surface area (Å²) in [6.45, 7) is 2.19. The lowest BCUT2D eigenvalue weighted by molar-refractivity contribution is -0.147. The first-order valence-corrected chi connectivity index (χ1v) is 9.62. The molecule has 0 radical (unpaired) electrons. The first-order chi connectivity index (χ1) is 12.3. The van der Waals surface area contributed by atoms with Gasteiger partial charge in [-0.1, -0.05) is 13.0 Å². The lowest BCUT2D eigenvalue weighted by atomic mass is 9.75. The highest BCUT2D eigenvalue weighted by atomic mass is 35.5. The van der Waals surface area contributed by atoms with E-state index in [9.17, 15) is 18.0 Å². The molecule has 1 aliphatic rings. The smallest absolute Gasteiger partial charge is 0.416 e. The summed E-state index contributed by atoms with van der Waals surface area (Å²) >= 11 is 5.87. The molecule has 26 heavy (non-hydrogen) atoms.